The van der Waals surface area contributed by atoms with Gasteiger partial charge >= 0.3 is 5.97 Å². The molecule has 2 rings (SSSR count). The monoisotopic (exact) mass is 183 g/mol. The number of carbonyl (C=O) groups is 1. The topological polar surface area (TPSA) is 38.3 Å². The Bertz CT molecular complexity index is 183. The maximum atomic E-state index is 11.1. The van der Waals surface area contributed by atoms with E-state index in [0.717, 1.165) is 12.8 Å². The van der Waals surface area contributed by atoms with Crippen LogP contribution in [-0.4, -0.2) is 18.7 Å². The number of hydrogen-bond donors (Lipinski definition) is 1. The van der Waals surface area contributed by atoms with Crippen molar-refractivity contribution in [3.8, 4) is 0 Å². The Labute approximate surface area is 78.8 Å². The molecule has 0 aromatic heterocycles. The molecule has 0 heterocycles. The van der Waals surface area contributed by atoms with Crippen LogP contribution < -0.4 is 5.32 Å². The molecule has 0 radical (unpaired) electrons. The van der Waals surface area contributed by atoms with E-state index in [1.165, 1.54) is 25.7 Å². The number of esters is 1. The van der Waals surface area contributed by atoms with Gasteiger partial charge in [-0.2, -0.15) is 0 Å². The standard InChI is InChI=1S/C10H17NO2/c12-10(8-5-6-8)13-7-11-9-3-1-2-4-9/h8-9,11H,1-7H2. The first-order valence-corrected chi connectivity index (χ1v) is 5.26. The molecule has 3 heteroatoms. The van der Waals surface area contributed by atoms with Gasteiger partial charge in [0.2, 0.25) is 0 Å². The summed E-state index contributed by atoms with van der Waals surface area (Å²) in [5.41, 5.74) is 0. The Balaban J connectivity index is 1.54. The molecule has 0 spiro atoms. The molecular weight excluding hydrogens is 166 g/mol. The maximum absolute atomic E-state index is 11.1. The van der Waals surface area contributed by atoms with Gasteiger partial charge in [0.1, 0.15) is 6.73 Å². The lowest BCUT2D eigenvalue weighted by atomic mass is 10.3. The van der Waals surface area contributed by atoms with Crippen LogP contribution in [0.3, 0.4) is 0 Å². The highest BCUT2D eigenvalue weighted by molar-refractivity contribution is 5.74. The van der Waals surface area contributed by atoms with Gasteiger partial charge in [0.15, 0.2) is 0 Å². The summed E-state index contributed by atoms with van der Waals surface area (Å²) < 4.78 is 5.08. The lowest BCUT2D eigenvalue weighted by Gasteiger charge is -2.11. The second-order valence-electron chi connectivity index (χ2n) is 4.07. The molecule has 0 amide bonds. The minimum atomic E-state index is -0.00880. The lowest BCUT2D eigenvalue weighted by Crippen LogP contribution is -2.30. The molecule has 0 aliphatic heterocycles. The smallest absolute Gasteiger partial charge is 0.310 e. The van der Waals surface area contributed by atoms with Crippen LogP contribution in [0.4, 0.5) is 0 Å². The molecule has 2 aliphatic rings. The van der Waals surface area contributed by atoms with Crippen molar-refractivity contribution in [3.63, 3.8) is 0 Å². The average Bonchev–Trinajstić information content (AvgIpc) is 2.86. The molecular formula is C10H17NO2. The van der Waals surface area contributed by atoms with E-state index in [-0.39, 0.29) is 11.9 Å². The van der Waals surface area contributed by atoms with Gasteiger partial charge in [0, 0.05) is 6.04 Å². The fourth-order valence-electron chi connectivity index (χ4n) is 1.80. The summed E-state index contributed by atoms with van der Waals surface area (Å²) in [5.74, 6) is 0.218. The predicted octanol–water partition coefficient (Wildman–Crippen LogP) is 1.43. The van der Waals surface area contributed by atoms with Gasteiger partial charge in [-0.1, -0.05) is 12.8 Å². The van der Waals surface area contributed by atoms with Crippen molar-refractivity contribution in [2.24, 2.45) is 5.92 Å². The van der Waals surface area contributed by atoms with Crippen molar-refractivity contribution < 1.29 is 9.53 Å². The third kappa shape index (κ3) is 2.69. The van der Waals surface area contributed by atoms with Crippen molar-refractivity contribution in [2.75, 3.05) is 6.73 Å². The summed E-state index contributed by atoms with van der Waals surface area (Å²) in [7, 11) is 0. The van der Waals surface area contributed by atoms with Gasteiger partial charge in [0.25, 0.3) is 0 Å². The van der Waals surface area contributed by atoms with Gasteiger partial charge in [-0.3, -0.25) is 10.1 Å². The molecule has 1 N–H and O–H groups in total. The summed E-state index contributed by atoms with van der Waals surface area (Å²) >= 11 is 0. The quantitative estimate of drug-likeness (QED) is 0.529. The van der Waals surface area contributed by atoms with Crippen LogP contribution in [0.5, 0.6) is 0 Å². The van der Waals surface area contributed by atoms with Crippen molar-refractivity contribution in [1.82, 2.24) is 5.32 Å². The Morgan fingerprint density at radius 1 is 1.23 bits per heavy atom. The van der Waals surface area contributed by atoms with Crippen LogP contribution in [0, 0.1) is 5.92 Å². The van der Waals surface area contributed by atoms with E-state index in [9.17, 15) is 4.79 Å². The highest BCUT2D eigenvalue weighted by Crippen LogP contribution is 2.29. The zero-order chi connectivity index (χ0) is 9.10. The fraction of sp³-hybridized carbons (Fsp3) is 0.900. The number of ether oxygens (including phenoxy) is 1. The van der Waals surface area contributed by atoms with Crippen LogP contribution in [0.15, 0.2) is 0 Å². The Kier molecular flexibility index (Phi) is 2.83. The summed E-state index contributed by atoms with van der Waals surface area (Å²) in [4.78, 5) is 11.1. The van der Waals surface area contributed by atoms with Gasteiger partial charge < -0.3 is 4.74 Å². The highest BCUT2D eigenvalue weighted by Gasteiger charge is 2.31. The number of hydrogen-bond acceptors (Lipinski definition) is 3. The molecule has 0 saturated heterocycles. The summed E-state index contributed by atoms with van der Waals surface area (Å²) in [6.45, 7) is 0.417. The molecule has 74 valence electrons. The van der Waals surface area contributed by atoms with Crippen molar-refractivity contribution in [3.05, 3.63) is 0 Å². The van der Waals surface area contributed by atoms with E-state index in [0.29, 0.717) is 12.8 Å². The van der Waals surface area contributed by atoms with Crippen LogP contribution in [0.25, 0.3) is 0 Å². The van der Waals surface area contributed by atoms with Crippen LogP contribution >= 0.6 is 0 Å². The van der Waals surface area contributed by atoms with Gasteiger partial charge in [-0.05, 0) is 25.7 Å². The van der Waals surface area contributed by atoms with E-state index in [1.54, 1.807) is 0 Å². The molecule has 0 bridgehead atoms. The molecule has 2 fully saturated rings. The average molecular weight is 183 g/mol. The minimum Gasteiger partial charge on any atom is -0.450 e. The van der Waals surface area contributed by atoms with Crippen LogP contribution in [-0.2, 0) is 9.53 Å². The predicted molar refractivity (Wildman–Crippen MR) is 49.1 cm³/mol. The summed E-state index contributed by atoms with van der Waals surface area (Å²) in [6, 6.07) is 0.590. The van der Waals surface area contributed by atoms with Crippen LogP contribution in [0.2, 0.25) is 0 Å². The van der Waals surface area contributed by atoms with Crippen molar-refractivity contribution in [2.45, 2.75) is 44.6 Å². The summed E-state index contributed by atoms with van der Waals surface area (Å²) in [6.07, 6.45) is 7.16. The van der Waals surface area contributed by atoms with Crippen molar-refractivity contribution in [1.29, 1.82) is 0 Å². The molecule has 2 saturated carbocycles. The second kappa shape index (κ2) is 4.09. The number of nitrogens with one attached hydrogen (secondary N) is 1. The Morgan fingerprint density at radius 2 is 1.92 bits per heavy atom. The molecule has 0 aromatic rings. The molecule has 0 aromatic carbocycles. The van der Waals surface area contributed by atoms with Crippen LogP contribution in [0.1, 0.15) is 38.5 Å². The third-order valence-corrected chi connectivity index (χ3v) is 2.85. The van der Waals surface area contributed by atoms with E-state index >= 15 is 0 Å². The first-order chi connectivity index (χ1) is 6.36. The fourth-order valence-corrected chi connectivity index (χ4v) is 1.80. The SMILES string of the molecule is O=C(OCNC1CCCC1)C1CC1. The minimum absolute atomic E-state index is 0.00880. The van der Waals surface area contributed by atoms with Gasteiger partial charge in [-0.25, -0.2) is 0 Å². The normalized spacial score (nSPS) is 23.4. The summed E-state index contributed by atoms with van der Waals surface area (Å²) in [5, 5.41) is 3.25. The maximum Gasteiger partial charge on any atom is 0.310 e. The molecule has 2 aliphatic carbocycles. The zero-order valence-corrected chi connectivity index (χ0v) is 7.92. The van der Waals surface area contributed by atoms with E-state index in [4.69, 9.17) is 4.74 Å². The largest absolute Gasteiger partial charge is 0.450 e. The molecule has 3 nitrogen and oxygen atoms in total. The third-order valence-electron chi connectivity index (χ3n) is 2.85. The number of carbonyl (C=O) groups excluding carboxylic acids is 1. The van der Waals surface area contributed by atoms with Gasteiger partial charge in [0.05, 0.1) is 5.92 Å². The second-order valence-corrected chi connectivity index (χ2v) is 4.07. The molecule has 0 unspecified atom stereocenters. The van der Waals surface area contributed by atoms with Crippen molar-refractivity contribution >= 4 is 5.97 Å². The molecule has 0 atom stereocenters. The first kappa shape index (κ1) is 9.00. The van der Waals surface area contributed by atoms with Gasteiger partial charge in [-0.15, -0.1) is 0 Å². The Hall–Kier alpha value is -0.570. The lowest BCUT2D eigenvalue weighted by molar-refractivity contribution is -0.146. The van der Waals surface area contributed by atoms with E-state index in [1.807, 2.05) is 0 Å². The van der Waals surface area contributed by atoms with E-state index in [2.05, 4.69) is 5.32 Å². The first-order valence-electron chi connectivity index (χ1n) is 5.26. The highest BCUT2D eigenvalue weighted by atomic mass is 16.5. The molecule has 13 heavy (non-hydrogen) atoms. The Morgan fingerprint density at radius 3 is 2.54 bits per heavy atom. The zero-order valence-electron chi connectivity index (χ0n) is 7.92. The van der Waals surface area contributed by atoms with E-state index < -0.39 is 0 Å². The number of rotatable bonds is 4.